The second-order valence-corrected chi connectivity index (χ2v) is 4.72. The van der Waals surface area contributed by atoms with E-state index >= 15 is 0 Å². The van der Waals surface area contributed by atoms with Gasteiger partial charge < -0.3 is 14.8 Å². The van der Waals surface area contributed by atoms with Crippen molar-refractivity contribution in [3.05, 3.63) is 22.2 Å². The van der Waals surface area contributed by atoms with Gasteiger partial charge in [0.15, 0.2) is 17.5 Å². The van der Waals surface area contributed by atoms with Crippen LogP contribution in [-0.2, 0) is 4.79 Å². The summed E-state index contributed by atoms with van der Waals surface area (Å²) in [5.41, 5.74) is 0.758. The molecule has 2 rings (SSSR count). The van der Waals surface area contributed by atoms with Crippen LogP contribution < -0.4 is 20.1 Å². The molecule has 1 amide bonds. The van der Waals surface area contributed by atoms with Crippen LogP contribution in [-0.4, -0.2) is 33.1 Å². The largest absolute Gasteiger partial charge is 0.493 e. The van der Waals surface area contributed by atoms with Crippen LogP contribution in [0.3, 0.4) is 0 Å². The van der Waals surface area contributed by atoms with Crippen LogP contribution in [0.4, 0.5) is 0 Å². The molecule has 0 bridgehead atoms. The molecule has 0 aliphatic carbocycles. The molecule has 1 aliphatic rings. The number of hydrogen-bond acceptors (Lipinski definition) is 4. The van der Waals surface area contributed by atoms with Gasteiger partial charge in [0.2, 0.25) is 0 Å². The monoisotopic (exact) mass is 327 g/mol. The van der Waals surface area contributed by atoms with Crippen molar-refractivity contribution in [3.63, 3.8) is 0 Å². The van der Waals surface area contributed by atoms with Crippen LogP contribution in [0, 0.1) is 0 Å². The summed E-state index contributed by atoms with van der Waals surface area (Å²) in [6.45, 7) is 0. The van der Waals surface area contributed by atoms with Crippen molar-refractivity contribution in [2.24, 2.45) is 4.99 Å². The summed E-state index contributed by atoms with van der Waals surface area (Å²) in [7, 11) is 4.72. The lowest BCUT2D eigenvalue weighted by Gasteiger charge is -2.15. The third-order valence-corrected chi connectivity index (χ3v) is 3.51. The van der Waals surface area contributed by atoms with Crippen molar-refractivity contribution in [2.45, 2.75) is 6.04 Å². The minimum Gasteiger partial charge on any atom is -0.493 e. The Balaban J connectivity index is 2.43. The number of carbonyl (C=O) groups excluding carboxylic acids is 1. The molecule has 7 heteroatoms. The summed E-state index contributed by atoms with van der Waals surface area (Å²) in [6.07, 6.45) is 0. The zero-order chi connectivity index (χ0) is 14.0. The summed E-state index contributed by atoms with van der Waals surface area (Å²) in [5.74, 6) is 1.46. The zero-order valence-corrected chi connectivity index (χ0v) is 12.4. The molecule has 1 saturated heterocycles. The normalized spacial score (nSPS) is 20.1. The van der Waals surface area contributed by atoms with E-state index < -0.39 is 6.04 Å². The Hall–Kier alpha value is -1.76. The first-order valence-corrected chi connectivity index (χ1v) is 6.35. The highest BCUT2D eigenvalue weighted by molar-refractivity contribution is 9.10. The molecule has 1 aliphatic heterocycles. The number of aliphatic imine (C=N–C) groups is 1. The highest BCUT2D eigenvalue weighted by Crippen LogP contribution is 2.36. The Labute approximate surface area is 119 Å². The van der Waals surface area contributed by atoms with Crippen molar-refractivity contribution < 1.29 is 14.3 Å². The predicted octanol–water partition coefficient (Wildman–Crippen LogP) is 1.21. The number of ether oxygens (including phenoxy) is 2. The molecule has 2 N–H and O–H groups in total. The summed E-state index contributed by atoms with van der Waals surface area (Å²) >= 11 is 3.44. The molecule has 6 nitrogen and oxygen atoms in total. The summed E-state index contributed by atoms with van der Waals surface area (Å²) in [4.78, 5) is 15.8. The SMILES string of the molecule is CN=C1NC(=O)C(c2cc(OC)c(OC)cc2Br)N1. The van der Waals surface area contributed by atoms with E-state index in [0.717, 1.165) is 10.0 Å². The Morgan fingerprint density at radius 2 is 1.89 bits per heavy atom. The Bertz CT molecular complexity index is 545. The van der Waals surface area contributed by atoms with Gasteiger partial charge in [0, 0.05) is 17.1 Å². The molecule has 0 aromatic heterocycles. The molecule has 19 heavy (non-hydrogen) atoms. The molecular formula is C12H14BrN3O3. The van der Waals surface area contributed by atoms with Gasteiger partial charge in [-0.1, -0.05) is 15.9 Å². The molecule has 0 spiro atoms. The van der Waals surface area contributed by atoms with Gasteiger partial charge in [-0.25, -0.2) is 0 Å². The molecule has 1 fully saturated rings. The van der Waals surface area contributed by atoms with E-state index in [4.69, 9.17) is 9.47 Å². The van der Waals surface area contributed by atoms with E-state index in [1.54, 1.807) is 33.4 Å². The maximum atomic E-state index is 11.9. The Morgan fingerprint density at radius 3 is 2.42 bits per heavy atom. The maximum Gasteiger partial charge on any atom is 0.253 e. The lowest BCUT2D eigenvalue weighted by molar-refractivity contribution is -0.120. The first kappa shape index (κ1) is 13.7. The van der Waals surface area contributed by atoms with Crippen molar-refractivity contribution in [1.82, 2.24) is 10.6 Å². The third kappa shape index (κ3) is 2.51. The number of hydrogen-bond donors (Lipinski definition) is 2. The number of amides is 1. The second-order valence-electron chi connectivity index (χ2n) is 3.87. The average molecular weight is 328 g/mol. The van der Waals surface area contributed by atoms with E-state index in [2.05, 4.69) is 31.6 Å². The summed E-state index contributed by atoms with van der Waals surface area (Å²) in [5, 5.41) is 5.65. The summed E-state index contributed by atoms with van der Waals surface area (Å²) < 4.78 is 11.2. The third-order valence-electron chi connectivity index (χ3n) is 2.82. The highest BCUT2D eigenvalue weighted by Gasteiger charge is 2.31. The van der Waals surface area contributed by atoms with Crippen molar-refractivity contribution in [2.75, 3.05) is 21.3 Å². The fourth-order valence-electron chi connectivity index (χ4n) is 1.86. The lowest BCUT2D eigenvalue weighted by atomic mass is 10.1. The van der Waals surface area contributed by atoms with Crippen LogP contribution in [0.2, 0.25) is 0 Å². The number of carbonyl (C=O) groups is 1. The number of nitrogens with zero attached hydrogens (tertiary/aromatic N) is 1. The number of rotatable bonds is 3. The standard InChI is InChI=1S/C12H14BrN3O3/c1-14-12-15-10(11(17)16-12)6-4-8(18-2)9(19-3)5-7(6)13/h4-5,10H,1-3H3,(H2,14,15,16,17). The second kappa shape index (κ2) is 5.48. The number of nitrogens with one attached hydrogen (secondary N) is 2. The molecule has 1 atom stereocenters. The van der Waals surface area contributed by atoms with Crippen LogP contribution in [0.25, 0.3) is 0 Å². The van der Waals surface area contributed by atoms with E-state index in [9.17, 15) is 4.79 Å². The van der Waals surface area contributed by atoms with E-state index in [1.807, 2.05) is 0 Å². The minimum atomic E-state index is -0.507. The van der Waals surface area contributed by atoms with Gasteiger partial charge in [-0.05, 0) is 12.1 Å². The van der Waals surface area contributed by atoms with E-state index in [1.165, 1.54) is 0 Å². The van der Waals surface area contributed by atoms with Crippen LogP contribution in [0.1, 0.15) is 11.6 Å². The van der Waals surface area contributed by atoms with Crippen LogP contribution in [0.15, 0.2) is 21.6 Å². The minimum absolute atomic E-state index is 0.159. The zero-order valence-electron chi connectivity index (χ0n) is 10.8. The topological polar surface area (TPSA) is 72.0 Å². The highest BCUT2D eigenvalue weighted by atomic mass is 79.9. The number of halogens is 1. The van der Waals surface area contributed by atoms with Crippen LogP contribution in [0.5, 0.6) is 11.5 Å². The van der Waals surface area contributed by atoms with E-state index in [-0.39, 0.29) is 5.91 Å². The van der Waals surface area contributed by atoms with Crippen molar-refractivity contribution >= 4 is 27.8 Å². The van der Waals surface area contributed by atoms with Crippen molar-refractivity contribution in [3.8, 4) is 11.5 Å². The van der Waals surface area contributed by atoms with Gasteiger partial charge in [0.05, 0.1) is 14.2 Å². The fraction of sp³-hybridized carbons (Fsp3) is 0.333. The Kier molecular flexibility index (Phi) is 3.94. The molecule has 1 heterocycles. The van der Waals surface area contributed by atoms with Gasteiger partial charge in [-0.15, -0.1) is 0 Å². The van der Waals surface area contributed by atoms with Gasteiger partial charge in [0.25, 0.3) is 5.91 Å². The molecule has 0 radical (unpaired) electrons. The number of guanidine groups is 1. The molecule has 1 aromatic carbocycles. The van der Waals surface area contributed by atoms with E-state index in [0.29, 0.717) is 17.5 Å². The van der Waals surface area contributed by atoms with Gasteiger partial charge in [-0.3, -0.25) is 15.1 Å². The summed E-state index contributed by atoms with van der Waals surface area (Å²) in [6, 6.07) is 3.02. The van der Waals surface area contributed by atoms with Gasteiger partial charge in [0.1, 0.15) is 6.04 Å². The van der Waals surface area contributed by atoms with Gasteiger partial charge >= 0.3 is 0 Å². The number of methoxy groups -OCH3 is 2. The van der Waals surface area contributed by atoms with Gasteiger partial charge in [-0.2, -0.15) is 0 Å². The Morgan fingerprint density at radius 1 is 1.26 bits per heavy atom. The molecule has 1 aromatic rings. The fourth-order valence-corrected chi connectivity index (χ4v) is 2.41. The van der Waals surface area contributed by atoms with Crippen LogP contribution >= 0.6 is 15.9 Å². The molecule has 102 valence electrons. The average Bonchev–Trinajstić information content (AvgIpc) is 2.79. The molecular weight excluding hydrogens is 314 g/mol. The maximum absolute atomic E-state index is 11.9. The first-order chi connectivity index (χ1) is 9.10. The first-order valence-electron chi connectivity index (χ1n) is 5.56. The number of benzene rings is 1. The smallest absolute Gasteiger partial charge is 0.253 e. The quantitative estimate of drug-likeness (QED) is 0.875. The molecule has 1 unspecified atom stereocenters. The van der Waals surface area contributed by atoms with Crippen molar-refractivity contribution in [1.29, 1.82) is 0 Å². The predicted molar refractivity (Wildman–Crippen MR) is 74.6 cm³/mol. The lowest BCUT2D eigenvalue weighted by Crippen LogP contribution is -2.24. The molecule has 0 saturated carbocycles.